The van der Waals surface area contributed by atoms with E-state index in [0.29, 0.717) is 20.8 Å². The van der Waals surface area contributed by atoms with Gasteiger partial charge in [-0.05, 0) is 31.5 Å². The van der Waals surface area contributed by atoms with Gasteiger partial charge < -0.3 is 5.11 Å². The first kappa shape index (κ1) is 16.7. The molecule has 0 aliphatic heterocycles. The number of carboxylic acids is 1. The van der Waals surface area contributed by atoms with Crippen LogP contribution in [0.4, 0.5) is 0 Å². The number of carboxylic acid groups (broad SMARTS) is 1. The summed E-state index contributed by atoms with van der Waals surface area (Å²) in [4.78, 5) is 30.6. The van der Waals surface area contributed by atoms with Crippen LogP contribution in [0.2, 0.25) is 5.02 Å². The number of fused-ring (bicyclic) bond motifs is 1. The molecule has 7 heteroatoms. The van der Waals surface area contributed by atoms with Gasteiger partial charge in [0, 0.05) is 10.4 Å². The van der Waals surface area contributed by atoms with Crippen molar-refractivity contribution in [2.75, 3.05) is 0 Å². The van der Waals surface area contributed by atoms with Crippen molar-refractivity contribution < 1.29 is 9.90 Å². The normalized spacial score (nSPS) is 12.5. The molecule has 124 valence electrons. The highest BCUT2D eigenvalue weighted by molar-refractivity contribution is 7.18. The summed E-state index contributed by atoms with van der Waals surface area (Å²) in [6.07, 6.45) is 0.788. The zero-order chi connectivity index (χ0) is 17.4. The number of carbonyl (C=O) groups is 1. The number of rotatable bonds is 4. The summed E-state index contributed by atoms with van der Waals surface area (Å²) in [7, 11) is 0. The molecule has 0 radical (unpaired) electrons. The molecule has 2 aromatic heterocycles. The molecule has 3 rings (SSSR count). The third kappa shape index (κ3) is 2.72. The van der Waals surface area contributed by atoms with Crippen LogP contribution < -0.4 is 5.56 Å². The SMILES string of the molecule is CCc1cc2c(=O)n(C(C)C(=O)O)c(-c3ccccc3Cl)nc2s1. The molecule has 3 aromatic rings. The molecule has 0 aliphatic carbocycles. The van der Waals surface area contributed by atoms with Gasteiger partial charge >= 0.3 is 5.97 Å². The number of halogens is 1. The molecule has 0 fully saturated rings. The van der Waals surface area contributed by atoms with Crippen molar-refractivity contribution in [3.05, 3.63) is 50.6 Å². The Hall–Kier alpha value is -2.18. The van der Waals surface area contributed by atoms with E-state index < -0.39 is 12.0 Å². The Labute approximate surface area is 147 Å². The van der Waals surface area contributed by atoms with Crippen LogP contribution in [0, 0.1) is 0 Å². The molecule has 1 N–H and O–H groups in total. The zero-order valence-electron chi connectivity index (χ0n) is 13.1. The number of aromatic nitrogens is 2. The highest BCUT2D eigenvalue weighted by atomic mass is 35.5. The maximum atomic E-state index is 12.9. The molecule has 0 saturated heterocycles. The minimum absolute atomic E-state index is 0.275. The first-order valence-electron chi connectivity index (χ1n) is 7.46. The molecular formula is C17H15ClN2O3S. The minimum atomic E-state index is -1.10. The van der Waals surface area contributed by atoms with Gasteiger partial charge in [-0.25, -0.2) is 9.78 Å². The van der Waals surface area contributed by atoms with Crippen molar-refractivity contribution in [3.8, 4) is 11.4 Å². The highest BCUT2D eigenvalue weighted by Crippen LogP contribution is 2.30. The van der Waals surface area contributed by atoms with Crippen molar-refractivity contribution in [2.24, 2.45) is 0 Å². The Bertz CT molecular complexity index is 993. The van der Waals surface area contributed by atoms with E-state index in [1.165, 1.54) is 22.8 Å². The first-order valence-corrected chi connectivity index (χ1v) is 8.66. The minimum Gasteiger partial charge on any atom is -0.480 e. The van der Waals surface area contributed by atoms with Crippen molar-refractivity contribution in [1.82, 2.24) is 9.55 Å². The van der Waals surface area contributed by atoms with Gasteiger partial charge in [0.2, 0.25) is 0 Å². The summed E-state index contributed by atoms with van der Waals surface area (Å²) in [6, 6.07) is 7.71. The van der Waals surface area contributed by atoms with Gasteiger partial charge in [-0.3, -0.25) is 9.36 Å². The van der Waals surface area contributed by atoms with E-state index in [1.807, 2.05) is 6.92 Å². The second-order valence-electron chi connectivity index (χ2n) is 5.39. The lowest BCUT2D eigenvalue weighted by Crippen LogP contribution is -2.30. The van der Waals surface area contributed by atoms with Crippen molar-refractivity contribution >= 4 is 39.1 Å². The molecular weight excluding hydrogens is 348 g/mol. The average molecular weight is 363 g/mol. The second kappa shape index (κ2) is 6.37. The van der Waals surface area contributed by atoms with Gasteiger partial charge in [-0.2, -0.15) is 0 Å². The number of hydrogen-bond acceptors (Lipinski definition) is 4. The molecule has 0 saturated carbocycles. The Kier molecular flexibility index (Phi) is 4.43. The molecule has 1 aromatic carbocycles. The van der Waals surface area contributed by atoms with Gasteiger partial charge in [-0.1, -0.05) is 30.7 Å². The molecule has 2 heterocycles. The second-order valence-corrected chi connectivity index (χ2v) is 6.91. The molecule has 5 nitrogen and oxygen atoms in total. The lowest BCUT2D eigenvalue weighted by molar-refractivity contribution is -0.140. The largest absolute Gasteiger partial charge is 0.480 e. The van der Waals surface area contributed by atoms with Crippen LogP contribution in [-0.4, -0.2) is 20.6 Å². The van der Waals surface area contributed by atoms with Gasteiger partial charge in [0.15, 0.2) is 0 Å². The number of aryl methyl sites for hydroxylation is 1. The lowest BCUT2D eigenvalue weighted by atomic mass is 10.1. The van der Waals surface area contributed by atoms with Gasteiger partial charge in [0.25, 0.3) is 5.56 Å². The number of hydrogen-bond donors (Lipinski definition) is 1. The van der Waals surface area contributed by atoms with E-state index in [9.17, 15) is 14.7 Å². The Morgan fingerprint density at radius 1 is 1.42 bits per heavy atom. The summed E-state index contributed by atoms with van der Waals surface area (Å²) in [5.74, 6) is -0.824. The van der Waals surface area contributed by atoms with Crippen LogP contribution in [-0.2, 0) is 11.2 Å². The molecule has 1 atom stereocenters. The van der Waals surface area contributed by atoms with Gasteiger partial charge in [-0.15, -0.1) is 11.3 Å². The Balaban J connectivity index is 2.42. The quantitative estimate of drug-likeness (QED) is 0.761. The highest BCUT2D eigenvalue weighted by Gasteiger charge is 2.23. The monoisotopic (exact) mass is 362 g/mol. The number of thiophene rings is 1. The van der Waals surface area contributed by atoms with Crippen LogP contribution in [0.5, 0.6) is 0 Å². The molecule has 1 unspecified atom stereocenters. The molecule has 0 aliphatic rings. The van der Waals surface area contributed by atoms with Crippen LogP contribution >= 0.6 is 22.9 Å². The summed E-state index contributed by atoms with van der Waals surface area (Å²) >= 11 is 7.69. The Morgan fingerprint density at radius 2 is 2.12 bits per heavy atom. The summed E-state index contributed by atoms with van der Waals surface area (Å²) < 4.78 is 1.21. The summed E-state index contributed by atoms with van der Waals surface area (Å²) in [5.41, 5.74) is 0.179. The van der Waals surface area contributed by atoms with E-state index >= 15 is 0 Å². The fraction of sp³-hybridized carbons (Fsp3) is 0.235. The van der Waals surface area contributed by atoms with E-state index in [2.05, 4.69) is 4.98 Å². The molecule has 24 heavy (non-hydrogen) atoms. The third-order valence-corrected chi connectivity index (χ3v) is 5.36. The number of nitrogens with zero attached hydrogens (tertiary/aromatic N) is 2. The van der Waals surface area contributed by atoms with E-state index in [0.717, 1.165) is 11.3 Å². The molecule has 0 bridgehead atoms. The van der Waals surface area contributed by atoms with Gasteiger partial charge in [0.05, 0.1) is 10.4 Å². The zero-order valence-corrected chi connectivity index (χ0v) is 14.7. The van der Waals surface area contributed by atoms with Crippen molar-refractivity contribution in [1.29, 1.82) is 0 Å². The van der Waals surface area contributed by atoms with Gasteiger partial charge in [0.1, 0.15) is 16.7 Å². The summed E-state index contributed by atoms with van der Waals surface area (Å²) in [5, 5.41) is 10.3. The fourth-order valence-electron chi connectivity index (χ4n) is 2.52. The van der Waals surface area contributed by atoms with Crippen molar-refractivity contribution in [2.45, 2.75) is 26.3 Å². The first-order chi connectivity index (χ1) is 11.4. The van der Waals surface area contributed by atoms with Crippen LogP contribution in [0.3, 0.4) is 0 Å². The standard InChI is InChI=1S/C17H15ClN2O3S/c1-3-10-8-12-15(24-10)19-14(11-6-4-5-7-13(11)18)20(16(12)21)9(2)17(22)23/h4-9H,3H2,1-2H3,(H,22,23). The van der Waals surface area contributed by atoms with Crippen LogP contribution in [0.15, 0.2) is 35.1 Å². The fourth-order valence-corrected chi connectivity index (χ4v) is 3.70. The molecule has 0 amide bonds. The Morgan fingerprint density at radius 3 is 2.75 bits per heavy atom. The predicted molar refractivity (Wildman–Crippen MR) is 96.1 cm³/mol. The third-order valence-electron chi connectivity index (χ3n) is 3.86. The van der Waals surface area contributed by atoms with Crippen LogP contribution in [0.1, 0.15) is 24.8 Å². The van der Waals surface area contributed by atoms with E-state index in [1.54, 1.807) is 30.3 Å². The van der Waals surface area contributed by atoms with E-state index in [4.69, 9.17) is 11.6 Å². The van der Waals surface area contributed by atoms with E-state index in [-0.39, 0.29) is 11.4 Å². The van der Waals surface area contributed by atoms with Crippen LogP contribution in [0.25, 0.3) is 21.6 Å². The number of aliphatic carboxylic acids is 1. The summed E-state index contributed by atoms with van der Waals surface area (Å²) in [6.45, 7) is 3.46. The van der Waals surface area contributed by atoms with Crippen molar-refractivity contribution in [3.63, 3.8) is 0 Å². The molecule has 0 spiro atoms. The smallest absolute Gasteiger partial charge is 0.326 e. The maximum absolute atomic E-state index is 12.9. The predicted octanol–water partition coefficient (Wildman–Crippen LogP) is 3.99. The topological polar surface area (TPSA) is 72.2 Å². The average Bonchev–Trinajstić information content (AvgIpc) is 2.98. The lowest BCUT2D eigenvalue weighted by Gasteiger charge is -2.16. The maximum Gasteiger partial charge on any atom is 0.326 e. The number of benzene rings is 1.